The van der Waals surface area contributed by atoms with E-state index in [9.17, 15) is 9.90 Å². The van der Waals surface area contributed by atoms with Gasteiger partial charge in [-0.2, -0.15) is 0 Å². The van der Waals surface area contributed by atoms with Crippen LogP contribution in [0.1, 0.15) is 44.8 Å². The molecule has 0 spiro atoms. The Hall–Kier alpha value is -1.55. The van der Waals surface area contributed by atoms with E-state index < -0.39 is 6.10 Å². The molecule has 0 saturated carbocycles. The second-order valence-electron chi connectivity index (χ2n) is 5.76. The fourth-order valence-electron chi connectivity index (χ4n) is 2.72. The van der Waals surface area contributed by atoms with Crippen LogP contribution in [0.3, 0.4) is 0 Å². The van der Waals surface area contributed by atoms with Gasteiger partial charge in [0.2, 0.25) is 5.91 Å². The molecule has 1 amide bonds. The van der Waals surface area contributed by atoms with E-state index in [1.165, 1.54) is 0 Å². The Labute approximate surface area is 126 Å². The van der Waals surface area contributed by atoms with Crippen molar-refractivity contribution in [2.75, 3.05) is 19.7 Å². The van der Waals surface area contributed by atoms with Gasteiger partial charge in [-0.25, -0.2) is 0 Å². The van der Waals surface area contributed by atoms with E-state index in [-0.39, 0.29) is 5.91 Å². The lowest BCUT2D eigenvalue weighted by Crippen LogP contribution is -2.34. The van der Waals surface area contributed by atoms with E-state index in [1.54, 1.807) is 4.90 Å². The number of para-hydroxylation sites is 1. The van der Waals surface area contributed by atoms with Crippen molar-refractivity contribution in [2.24, 2.45) is 5.92 Å². The normalized spacial score (nSPS) is 21.0. The first-order chi connectivity index (χ1) is 10.1. The monoisotopic (exact) mass is 291 g/mol. The summed E-state index contributed by atoms with van der Waals surface area (Å²) in [5, 5.41) is 10.5. The van der Waals surface area contributed by atoms with Crippen LogP contribution in [0, 0.1) is 5.92 Å². The molecule has 2 unspecified atom stereocenters. The Balaban J connectivity index is 2.06. The first kappa shape index (κ1) is 15.8. The molecule has 0 aliphatic carbocycles. The highest BCUT2D eigenvalue weighted by atomic mass is 16.5. The summed E-state index contributed by atoms with van der Waals surface area (Å²) in [6.07, 6.45) is 1.83. The molecule has 1 aliphatic rings. The summed E-state index contributed by atoms with van der Waals surface area (Å²) >= 11 is 0. The second-order valence-corrected chi connectivity index (χ2v) is 5.76. The molecular weight excluding hydrogens is 266 g/mol. The summed E-state index contributed by atoms with van der Waals surface area (Å²) < 4.78 is 5.55. The predicted molar refractivity (Wildman–Crippen MR) is 82.2 cm³/mol. The summed E-state index contributed by atoms with van der Waals surface area (Å²) in [6, 6.07) is 7.49. The van der Waals surface area contributed by atoms with Crippen molar-refractivity contribution >= 4 is 5.91 Å². The van der Waals surface area contributed by atoms with E-state index >= 15 is 0 Å². The Morgan fingerprint density at radius 2 is 2.14 bits per heavy atom. The number of rotatable bonds is 5. The van der Waals surface area contributed by atoms with Crippen molar-refractivity contribution in [3.05, 3.63) is 29.8 Å². The van der Waals surface area contributed by atoms with Crippen LogP contribution < -0.4 is 4.74 Å². The van der Waals surface area contributed by atoms with Gasteiger partial charge in [0.05, 0.1) is 13.2 Å². The molecule has 21 heavy (non-hydrogen) atoms. The number of ether oxygens (including phenoxy) is 1. The fourth-order valence-corrected chi connectivity index (χ4v) is 2.72. The van der Waals surface area contributed by atoms with Gasteiger partial charge in [0.25, 0.3) is 0 Å². The van der Waals surface area contributed by atoms with Crippen LogP contribution in [0.2, 0.25) is 0 Å². The summed E-state index contributed by atoms with van der Waals surface area (Å²) in [5.74, 6) is 1.42. The molecular formula is C17H25NO3. The maximum Gasteiger partial charge on any atom is 0.222 e. The molecule has 1 saturated heterocycles. The molecule has 1 heterocycles. The molecule has 4 heteroatoms. The van der Waals surface area contributed by atoms with Crippen LogP contribution in [0.25, 0.3) is 0 Å². The van der Waals surface area contributed by atoms with Crippen LogP contribution in [0.4, 0.5) is 0 Å². The summed E-state index contributed by atoms with van der Waals surface area (Å²) in [4.78, 5) is 13.9. The van der Waals surface area contributed by atoms with Crippen molar-refractivity contribution in [3.63, 3.8) is 0 Å². The second kappa shape index (κ2) is 7.46. The fraction of sp³-hybridized carbons (Fsp3) is 0.588. The number of carbonyl (C=O) groups is 1. The molecule has 4 nitrogen and oxygen atoms in total. The number of hydrogen-bond donors (Lipinski definition) is 1. The Kier molecular flexibility index (Phi) is 5.62. The smallest absolute Gasteiger partial charge is 0.222 e. The third-order valence-corrected chi connectivity index (χ3v) is 4.07. The van der Waals surface area contributed by atoms with E-state index in [1.807, 2.05) is 31.2 Å². The van der Waals surface area contributed by atoms with Crippen molar-refractivity contribution in [1.29, 1.82) is 0 Å². The lowest BCUT2D eigenvalue weighted by Gasteiger charge is -2.25. The summed E-state index contributed by atoms with van der Waals surface area (Å²) in [7, 11) is 0. The minimum atomic E-state index is -0.704. The minimum absolute atomic E-state index is 0.146. The average molecular weight is 291 g/mol. The molecule has 1 N–H and O–H groups in total. The van der Waals surface area contributed by atoms with Gasteiger partial charge in [0.1, 0.15) is 11.9 Å². The largest absolute Gasteiger partial charge is 0.493 e. The highest BCUT2D eigenvalue weighted by molar-refractivity contribution is 5.76. The molecule has 116 valence electrons. The van der Waals surface area contributed by atoms with Crippen LogP contribution in [0.5, 0.6) is 5.75 Å². The molecule has 0 bridgehead atoms. The van der Waals surface area contributed by atoms with Gasteiger partial charge >= 0.3 is 0 Å². The van der Waals surface area contributed by atoms with Crippen LogP contribution in [-0.2, 0) is 4.79 Å². The maximum atomic E-state index is 12.1. The number of β-amino-alcohol motifs (C(OH)–C–C–N with tert-alkyl or cyclic N) is 1. The van der Waals surface area contributed by atoms with Gasteiger partial charge in [-0.1, -0.05) is 25.1 Å². The zero-order valence-corrected chi connectivity index (χ0v) is 12.9. The number of aliphatic hydroxyl groups is 1. The molecule has 1 fully saturated rings. The molecule has 1 aliphatic heterocycles. The standard InChI is InChI=1S/C17H25NO3/c1-3-21-16-7-5-4-6-14(16)15(19)12-18-11-10-13(2)8-9-17(18)20/h4-7,13,15,19H,3,8-12H2,1-2H3. The number of nitrogens with zero attached hydrogens (tertiary/aromatic N) is 1. The van der Waals surface area contributed by atoms with Gasteiger partial charge in [-0.3, -0.25) is 4.79 Å². The highest BCUT2D eigenvalue weighted by Gasteiger charge is 2.24. The van der Waals surface area contributed by atoms with E-state index in [0.717, 1.165) is 24.9 Å². The zero-order chi connectivity index (χ0) is 15.2. The van der Waals surface area contributed by atoms with Crippen LogP contribution in [-0.4, -0.2) is 35.6 Å². The first-order valence-corrected chi connectivity index (χ1v) is 7.79. The van der Waals surface area contributed by atoms with Gasteiger partial charge in [0.15, 0.2) is 0 Å². The minimum Gasteiger partial charge on any atom is -0.493 e. The molecule has 0 radical (unpaired) electrons. The van der Waals surface area contributed by atoms with Crippen molar-refractivity contribution in [1.82, 2.24) is 4.90 Å². The quantitative estimate of drug-likeness (QED) is 0.907. The third kappa shape index (κ3) is 4.21. The van der Waals surface area contributed by atoms with Crippen LogP contribution >= 0.6 is 0 Å². The van der Waals surface area contributed by atoms with E-state index in [4.69, 9.17) is 4.74 Å². The number of benzene rings is 1. The van der Waals surface area contributed by atoms with Gasteiger partial charge in [-0.05, 0) is 31.7 Å². The van der Waals surface area contributed by atoms with Crippen LogP contribution in [0.15, 0.2) is 24.3 Å². The highest BCUT2D eigenvalue weighted by Crippen LogP contribution is 2.27. The van der Waals surface area contributed by atoms with Gasteiger partial charge < -0.3 is 14.7 Å². The third-order valence-electron chi connectivity index (χ3n) is 4.07. The SMILES string of the molecule is CCOc1ccccc1C(O)CN1CCC(C)CCC1=O. The molecule has 1 aromatic rings. The topological polar surface area (TPSA) is 49.8 Å². The summed E-state index contributed by atoms with van der Waals surface area (Å²) in [5.41, 5.74) is 0.754. The number of likely N-dealkylation sites (tertiary alicyclic amines) is 1. The van der Waals surface area contributed by atoms with Crippen molar-refractivity contribution < 1.29 is 14.6 Å². The average Bonchev–Trinajstić information content (AvgIpc) is 2.63. The number of aliphatic hydroxyl groups excluding tert-OH is 1. The Morgan fingerprint density at radius 3 is 2.90 bits per heavy atom. The zero-order valence-electron chi connectivity index (χ0n) is 12.9. The van der Waals surface area contributed by atoms with Crippen molar-refractivity contribution in [3.8, 4) is 5.75 Å². The number of hydrogen-bond acceptors (Lipinski definition) is 3. The molecule has 1 aromatic carbocycles. The van der Waals surface area contributed by atoms with E-state index in [0.29, 0.717) is 31.2 Å². The molecule has 2 rings (SSSR count). The predicted octanol–water partition coefficient (Wildman–Crippen LogP) is 2.77. The Morgan fingerprint density at radius 1 is 1.38 bits per heavy atom. The molecule has 2 atom stereocenters. The van der Waals surface area contributed by atoms with Crippen molar-refractivity contribution in [2.45, 2.75) is 39.2 Å². The van der Waals surface area contributed by atoms with E-state index in [2.05, 4.69) is 6.92 Å². The van der Waals surface area contributed by atoms with Gasteiger partial charge in [0, 0.05) is 18.5 Å². The van der Waals surface area contributed by atoms with Gasteiger partial charge in [-0.15, -0.1) is 0 Å². The lowest BCUT2D eigenvalue weighted by atomic mass is 10.0. The Bertz CT molecular complexity index is 475. The first-order valence-electron chi connectivity index (χ1n) is 7.79. The lowest BCUT2D eigenvalue weighted by molar-refractivity contribution is -0.132. The number of amides is 1. The summed E-state index contributed by atoms with van der Waals surface area (Å²) in [6.45, 7) is 5.73. The number of carbonyl (C=O) groups excluding carboxylic acids is 1. The molecule has 0 aromatic heterocycles. The maximum absolute atomic E-state index is 12.1.